The second-order valence-corrected chi connectivity index (χ2v) is 4.07. The lowest BCUT2D eigenvalue weighted by atomic mass is 10.3. The maximum atomic E-state index is 11.8. The highest BCUT2D eigenvalue weighted by Gasteiger charge is 2.20. The lowest BCUT2D eigenvalue weighted by molar-refractivity contribution is -0.132. The molecule has 0 saturated heterocycles. The molecule has 1 atom stereocenters. The third kappa shape index (κ3) is 5.86. The normalized spacial score (nSPS) is 11.6. The number of nitrogens with zero attached hydrogens (tertiary/aromatic N) is 1. The first-order chi connectivity index (χ1) is 8.46. The zero-order chi connectivity index (χ0) is 14.1. The summed E-state index contributed by atoms with van der Waals surface area (Å²) in [7, 11) is 0. The van der Waals surface area contributed by atoms with Gasteiger partial charge < -0.3 is 10.2 Å². The molecule has 0 fully saturated rings. The van der Waals surface area contributed by atoms with Crippen molar-refractivity contribution in [3.05, 3.63) is 0 Å². The number of urea groups is 1. The number of imide groups is 1. The second kappa shape index (κ2) is 8.74. The van der Waals surface area contributed by atoms with Crippen LogP contribution in [0.2, 0.25) is 0 Å². The molecule has 4 amide bonds. The minimum atomic E-state index is -0.682. The Balaban J connectivity index is 4.22. The maximum absolute atomic E-state index is 11.8. The van der Waals surface area contributed by atoms with Crippen molar-refractivity contribution in [2.45, 2.75) is 33.2 Å². The Labute approximate surface area is 112 Å². The molecule has 6 nitrogen and oxygen atoms in total. The number of amides is 4. The van der Waals surface area contributed by atoms with Gasteiger partial charge in [0.05, 0.1) is 0 Å². The van der Waals surface area contributed by atoms with E-state index in [0.29, 0.717) is 13.1 Å². The highest BCUT2D eigenvalue weighted by atomic mass is 35.5. The van der Waals surface area contributed by atoms with Gasteiger partial charge in [-0.25, -0.2) is 4.79 Å². The molecule has 0 aromatic rings. The molecule has 18 heavy (non-hydrogen) atoms. The molecule has 0 bridgehead atoms. The molecular formula is C11H20ClN3O3. The number of carbonyl (C=O) groups excluding carboxylic acids is 3. The first-order valence-corrected chi connectivity index (χ1v) is 6.44. The summed E-state index contributed by atoms with van der Waals surface area (Å²) in [4.78, 5) is 35.9. The van der Waals surface area contributed by atoms with Gasteiger partial charge in [-0.1, -0.05) is 0 Å². The average molecular weight is 278 g/mol. The molecule has 0 aliphatic carbocycles. The Morgan fingerprint density at radius 1 is 1.22 bits per heavy atom. The van der Waals surface area contributed by atoms with Crippen molar-refractivity contribution in [1.82, 2.24) is 15.5 Å². The van der Waals surface area contributed by atoms with Crippen molar-refractivity contribution in [2.24, 2.45) is 0 Å². The van der Waals surface area contributed by atoms with Gasteiger partial charge in [0, 0.05) is 25.4 Å². The minimum absolute atomic E-state index is 0.0628. The molecule has 0 spiro atoms. The molecule has 0 aliphatic heterocycles. The highest BCUT2D eigenvalue weighted by molar-refractivity contribution is 6.19. The van der Waals surface area contributed by atoms with Crippen LogP contribution in [0.25, 0.3) is 0 Å². The van der Waals surface area contributed by atoms with E-state index in [1.165, 1.54) is 0 Å². The topological polar surface area (TPSA) is 78.5 Å². The van der Waals surface area contributed by atoms with E-state index in [0.717, 1.165) is 0 Å². The van der Waals surface area contributed by atoms with Crippen molar-refractivity contribution < 1.29 is 14.4 Å². The van der Waals surface area contributed by atoms with Crippen molar-refractivity contribution in [3.8, 4) is 0 Å². The van der Waals surface area contributed by atoms with E-state index in [2.05, 4.69) is 10.6 Å². The summed E-state index contributed by atoms with van der Waals surface area (Å²) in [5.41, 5.74) is 0. The van der Waals surface area contributed by atoms with Crippen LogP contribution in [-0.2, 0) is 9.59 Å². The summed E-state index contributed by atoms with van der Waals surface area (Å²) >= 11 is 5.36. The molecule has 0 rings (SSSR count). The molecule has 0 saturated carbocycles. The molecule has 104 valence electrons. The summed E-state index contributed by atoms with van der Waals surface area (Å²) in [6.45, 7) is 6.45. The van der Waals surface area contributed by atoms with Crippen LogP contribution in [0.1, 0.15) is 27.2 Å². The SMILES string of the molecule is CCN(CC)C(=O)C(C)NC(=O)NC(=O)CCCl. The molecule has 1 unspecified atom stereocenters. The number of nitrogens with one attached hydrogen (secondary N) is 2. The highest BCUT2D eigenvalue weighted by Crippen LogP contribution is 1.94. The minimum Gasteiger partial charge on any atom is -0.341 e. The molecule has 0 radical (unpaired) electrons. The molecular weight excluding hydrogens is 258 g/mol. The summed E-state index contributed by atoms with van der Waals surface area (Å²) in [5.74, 6) is -0.502. The lowest BCUT2D eigenvalue weighted by Gasteiger charge is -2.23. The molecule has 2 N–H and O–H groups in total. The van der Waals surface area contributed by atoms with Gasteiger partial charge >= 0.3 is 6.03 Å². The Morgan fingerprint density at radius 3 is 2.22 bits per heavy atom. The Morgan fingerprint density at radius 2 is 1.78 bits per heavy atom. The molecule has 7 heteroatoms. The zero-order valence-electron chi connectivity index (χ0n) is 11.0. The summed E-state index contributed by atoms with van der Waals surface area (Å²) < 4.78 is 0. The van der Waals surface area contributed by atoms with Gasteiger partial charge in [0.25, 0.3) is 0 Å². The average Bonchev–Trinajstić information content (AvgIpc) is 2.30. The van der Waals surface area contributed by atoms with E-state index in [4.69, 9.17) is 11.6 Å². The van der Waals surface area contributed by atoms with Gasteiger partial charge in [-0.3, -0.25) is 14.9 Å². The van der Waals surface area contributed by atoms with Crippen LogP contribution in [-0.4, -0.2) is 47.8 Å². The fourth-order valence-electron chi connectivity index (χ4n) is 1.38. The number of hydrogen-bond donors (Lipinski definition) is 2. The van der Waals surface area contributed by atoms with Crippen LogP contribution >= 0.6 is 11.6 Å². The maximum Gasteiger partial charge on any atom is 0.322 e. The van der Waals surface area contributed by atoms with Crippen LogP contribution in [0.3, 0.4) is 0 Å². The number of halogens is 1. The van der Waals surface area contributed by atoms with Crippen LogP contribution < -0.4 is 10.6 Å². The number of alkyl halides is 1. The fraction of sp³-hybridized carbons (Fsp3) is 0.727. The number of carbonyl (C=O) groups is 3. The molecule has 0 aromatic heterocycles. The van der Waals surface area contributed by atoms with E-state index in [9.17, 15) is 14.4 Å². The summed E-state index contributed by atoms with van der Waals surface area (Å²) in [6, 6.07) is -1.35. The quantitative estimate of drug-likeness (QED) is 0.702. The van der Waals surface area contributed by atoms with E-state index < -0.39 is 18.0 Å². The summed E-state index contributed by atoms with van der Waals surface area (Å²) in [5, 5.41) is 4.51. The number of rotatable bonds is 6. The fourth-order valence-corrected chi connectivity index (χ4v) is 1.55. The number of hydrogen-bond acceptors (Lipinski definition) is 3. The molecule has 0 aliphatic rings. The van der Waals surface area contributed by atoms with Crippen LogP contribution in [0.5, 0.6) is 0 Å². The van der Waals surface area contributed by atoms with Gasteiger partial charge in [-0.05, 0) is 20.8 Å². The standard InChI is InChI=1S/C11H20ClN3O3/c1-4-15(5-2)10(17)8(3)13-11(18)14-9(16)6-7-12/h8H,4-7H2,1-3H3,(H2,13,14,16,18). The van der Waals surface area contributed by atoms with E-state index in [1.807, 2.05) is 13.8 Å². The van der Waals surface area contributed by atoms with Crippen LogP contribution in [0.4, 0.5) is 4.79 Å². The van der Waals surface area contributed by atoms with Crippen LogP contribution in [0.15, 0.2) is 0 Å². The van der Waals surface area contributed by atoms with Crippen molar-refractivity contribution in [1.29, 1.82) is 0 Å². The Hall–Kier alpha value is -1.30. The predicted molar refractivity (Wildman–Crippen MR) is 69.4 cm³/mol. The smallest absolute Gasteiger partial charge is 0.322 e. The van der Waals surface area contributed by atoms with Crippen molar-refractivity contribution in [3.63, 3.8) is 0 Å². The third-order valence-corrected chi connectivity index (χ3v) is 2.56. The second-order valence-electron chi connectivity index (χ2n) is 3.69. The zero-order valence-corrected chi connectivity index (χ0v) is 11.7. The van der Waals surface area contributed by atoms with Crippen molar-refractivity contribution >= 4 is 29.4 Å². The predicted octanol–water partition coefficient (Wildman–Crippen LogP) is 0.698. The number of likely N-dealkylation sites (N-methyl/N-ethyl adjacent to an activating group) is 1. The van der Waals surface area contributed by atoms with Gasteiger partial charge in [0.2, 0.25) is 11.8 Å². The first kappa shape index (κ1) is 16.7. The van der Waals surface area contributed by atoms with Gasteiger partial charge in [-0.2, -0.15) is 0 Å². The van der Waals surface area contributed by atoms with Gasteiger partial charge in [0.1, 0.15) is 6.04 Å². The van der Waals surface area contributed by atoms with E-state index >= 15 is 0 Å². The lowest BCUT2D eigenvalue weighted by Crippen LogP contribution is -2.50. The van der Waals surface area contributed by atoms with Crippen LogP contribution in [0, 0.1) is 0 Å². The monoisotopic (exact) mass is 277 g/mol. The Kier molecular flexibility index (Phi) is 8.11. The van der Waals surface area contributed by atoms with Gasteiger partial charge in [-0.15, -0.1) is 11.6 Å². The Bertz CT molecular complexity index is 306. The largest absolute Gasteiger partial charge is 0.341 e. The first-order valence-electron chi connectivity index (χ1n) is 5.91. The van der Waals surface area contributed by atoms with Gasteiger partial charge in [0.15, 0.2) is 0 Å². The third-order valence-electron chi connectivity index (χ3n) is 2.37. The molecule has 0 heterocycles. The summed E-state index contributed by atoms with van der Waals surface area (Å²) in [6.07, 6.45) is 0.0628. The van der Waals surface area contributed by atoms with E-state index in [-0.39, 0.29) is 18.2 Å². The van der Waals surface area contributed by atoms with Crippen molar-refractivity contribution in [2.75, 3.05) is 19.0 Å². The van der Waals surface area contributed by atoms with E-state index in [1.54, 1.807) is 11.8 Å². The molecule has 0 aromatic carbocycles.